The maximum atomic E-state index is 12.3. The first-order chi connectivity index (χ1) is 12.2. The number of hydrogen-bond acceptors (Lipinski definition) is 3. The topological polar surface area (TPSA) is 50.8 Å². The number of carbonyl (C=O) groups excluding carboxylic acids is 1. The van der Waals surface area contributed by atoms with Gasteiger partial charge in [0.25, 0.3) is 0 Å². The molecular weight excluding hydrogens is 316 g/mol. The number of ether oxygens (including phenoxy) is 2. The third kappa shape index (κ3) is 5.19. The minimum absolute atomic E-state index is 0.0453. The molecule has 1 N–H and O–H groups in total. The summed E-state index contributed by atoms with van der Waals surface area (Å²) in [7, 11) is 0. The van der Waals surface area contributed by atoms with Crippen molar-refractivity contribution in [2.45, 2.75) is 57.3 Å². The van der Waals surface area contributed by atoms with Gasteiger partial charge in [-0.05, 0) is 31.7 Å². The summed E-state index contributed by atoms with van der Waals surface area (Å²) in [4.78, 5) is 14.1. The summed E-state index contributed by atoms with van der Waals surface area (Å²) in [5.41, 5.74) is 1.39. The minimum atomic E-state index is -0.437. The second kappa shape index (κ2) is 8.68. The van der Waals surface area contributed by atoms with Gasteiger partial charge in [0.2, 0.25) is 0 Å². The first-order valence-corrected chi connectivity index (χ1v) is 9.55. The quantitative estimate of drug-likeness (QED) is 0.804. The molecule has 2 aliphatic rings. The van der Waals surface area contributed by atoms with Crippen molar-refractivity contribution in [1.29, 1.82) is 0 Å². The van der Waals surface area contributed by atoms with Gasteiger partial charge in [-0.1, -0.05) is 36.8 Å². The SMILES string of the molecule is CC1COC2(CCN(C(=O)NCCCCCc3ccccc3)CC2)O1. The smallest absolute Gasteiger partial charge is 0.317 e. The molecule has 1 aromatic carbocycles. The lowest BCUT2D eigenvalue weighted by atomic mass is 10.0. The van der Waals surface area contributed by atoms with Crippen molar-refractivity contribution in [2.24, 2.45) is 0 Å². The van der Waals surface area contributed by atoms with Crippen molar-refractivity contribution in [3.8, 4) is 0 Å². The molecule has 138 valence electrons. The first kappa shape index (κ1) is 18.2. The van der Waals surface area contributed by atoms with Crippen LogP contribution in [0.2, 0.25) is 0 Å². The summed E-state index contributed by atoms with van der Waals surface area (Å²) in [5, 5.41) is 3.04. The van der Waals surface area contributed by atoms with Gasteiger partial charge in [0.1, 0.15) is 0 Å². The summed E-state index contributed by atoms with van der Waals surface area (Å²) < 4.78 is 11.7. The van der Waals surface area contributed by atoms with Crippen LogP contribution in [0.15, 0.2) is 30.3 Å². The zero-order valence-corrected chi connectivity index (χ0v) is 15.2. The van der Waals surface area contributed by atoms with E-state index in [1.807, 2.05) is 17.9 Å². The minimum Gasteiger partial charge on any atom is -0.347 e. The highest BCUT2D eigenvalue weighted by atomic mass is 16.7. The van der Waals surface area contributed by atoms with E-state index in [-0.39, 0.29) is 12.1 Å². The summed E-state index contributed by atoms with van der Waals surface area (Å²) >= 11 is 0. The van der Waals surface area contributed by atoms with E-state index in [9.17, 15) is 4.79 Å². The average molecular weight is 346 g/mol. The van der Waals surface area contributed by atoms with Crippen LogP contribution in [0, 0.1) is 0 Å². The van der Waals surface area contributed by atoms with Gasteiger partial charge in [-0.2, -0.15) is 0 Å². The maximum absolute atomic E-state index is 12.3. The number of amides is 2. The Bertz CT molecular complexity index is 541. The summed E-state index contributed by atoms with van der Waals surface area (Å²) in [6, 6.07) is 10.6. The van der Waals surface area contributed by atoms with Gasteiger partial charge in [-0.15, -0.1) is 0 Å². The number of nitrogens with one attached hydrogen (secondary N) is 1. The predicted molar refractivity (Wildman–Crippen MR) is 97.4 cm³/mol. The largest absolute Gasteiger partial charge is 0.347 e. The third-order valence-electron chi connectivity index (χ3n) is 5.07. The van der Waals surface area contributed by atoms with E-state index in [2.05, 4.69) is 29.6 Å². The Kier molecular flexibility index (Phi) is 6.32. The van der Waals surface area contributed by atoms with Gasteiger partial charge in [0.15, 0.2) is 5.79 Å². The Labute approximate surface area is 150 Å². The van der Waals surface area contributed by atoms with E-state index in [1.54, 1.807) is 0 Å². The highest BCUT2D eigenvalue weighted by Gasteiger charge is 2.43. The summed E-state index contributed by atoms with van der Waals surface area (Å²) in [6.45, 7) is 4.85. The van der Waals surface area contributed by atoms with Crippen molar-refractivity contribution < 1.29 is 14.3 Å². The van der Waals surface area contributed by atoms with Gasteiger partial charge >= 0.3 is 6.03 Å². The molecule has 2 aliphatic heterocycles. The van der Waals surface area contributed by atoms with Crippen LogP contribution >= 0.6 is 0 Å². The Morgan fingerprint density at radius 1 is 1.20 bits per heavy atom. The number of aryl methyl sites for hydroxylation is 1. The molecule has 25 heavy (non-hydrogen) atoms. The fraction of sp³-hybridized carbons (Fsp3) is 0.650. The number of nitrogens with zero attached hydrogens (tertiary/aromatic N) is 1. The van der Waals surface area contributed by atoms with E-state index < -0.39 is 5.79 Å². The fourth-order valence-electron chi connectivity index (χ4n) is 3.60. The van der Waals surface area contributed by atoms with Crippen LogP contribution in [0.5, 0.6) is 0 Å². The standard InChI is InChI=1S/C20H30N2O3/c1-17-16-24-20(25-17)11-14-22(15-12-20)19(23)21-13-7-3-6-10-18-8-4-2-5-9-18/h2,4-5,8-9,17H,3,6-7,10-16H2,1H3,(H,21,23). The third-order valence-corrected chi connectivity index (χ3v) is 5.07. The molecule has 2 saturated heterocycles. The second-order valence-corrected chi connectivity index (χ2v) is 7.17. The van der Waals surface area contributed by atoms with E-state index in [0.29, 0.717) is 19.7 Å². The molecule has 0 bridgehead atoms. The van der Waals surface area contributed by atoms with E-state index >= 15 is 0 Å². The van der Waals surface area contributed by atoms with Crippen LogP contribution in [0.1, 0.15) is 44.6 Å². The first-order valence-electron chi connectivity index (χ1n) is 9.55. The van der Waals surface area contributed by atoms with Crippen LogP contribution in [0.3, 0.4) is 0 Å². The van der Waals surface area contributed by atoms with E-state index in [4.69, 9.17) is 9.47 Å². The van der Waals surface area contributed by atoms with E-state index in [1.165, 1.54) is 12.0 Å². The molecule has 1 spiro atoms. The normalized spacial score (nSPS) is 22.3. The van der Waals surface area contributed by atoms with Crippen molar-refractivity contribution in [1.82, 2.24) is 10.2 Å². The summed E-state index contributed by atoms with van der Waals surface area (Å²) in [5.74, 6) is -0.437. The maximum Gasteiger partial charge on any atom is 0.317 e. The molecule has 2 amide bonds. The molecule has 3 rings (SSSR count). The fourth-order valence-corrected chi connectivity index (χ4v) is 3.60. The zero-order chi connectivity index (χ0) is 17.5. The number of piperidine rings is 1. The molecular formula is C20H30N2O3. The molecule has 2 heterocycles. The monoisotopic (exact) mass is 346 g/mol. The Balaban J connectivity index is 1.26. The highest BCUT2D eigenvalue weighted by Crippen LogP contribution is 2.33. The average Bonchev–Trinajstić information content (AvgIpc) is 2.99. The number of unbranched alkanes of at least 4 members (excludes halogenated alkanes) is 2. The number of rotatable bonds is 6. The van der Waals surface area contributed by atoms with Crippen molar-refractivity contribution >= 4 is 6.03 Å². The van der Waals surface area contributed by atoms with Crippen molar-refractivity contribution in [3.05, 3.63) is 35.9 Å². The molecule has 0 aromatic heterocycles. The van der Waals surface area contributed by atoms with Crippen LogP contribution in [0.25, 0.3) is 0 Å². The zero-order valence-electron chi connectivity index (χ0n) is 15.2. The lowest BCUT2D eigenvalue weighted by Gasteiger charge is -2.37. The number of benzene rings is 1. The number of carbonyl (C=O) groups is 1. The molecule has 0 saturated carbocycles. The van der Waals surface area contributed by atoms with Gasteiger partial charge in [-0.3, -0.25) is 0 Å². The van der Waals surface area contributed by atoms with Gasteiger partial charge in [0, 0.05) is 32.5 Å². The lowest BCUT2D eigenvalue weighted by Crippen LogP contribution is -2.50. The molecule has 0 aliphatic carbocycles. The van der Waals surface area contributed by atoms with Crippen molar-refractivity contribution in [3.63, 3.8) is 0 Å². The van der Waals surface area contributed by atoms with Crippen LogP contribution in [-0.4, -0.2) is 49.1 Å². The molecule has 2 fully saturated rings. The van der Waals surface area contributed by atoms with Gasteiger partial charge in [0.05, 0.1) is 12.7 Å². The molecule has 1 aromatic rings. The predicted octanol–water partition coefficient (Wildman–Crippen LogP) is 3.34. The summed E-state index contributed by atoms with van der Waals surface area (Å²) in [6.07, 6.45) is 6.14. The molecule has 0 radical (unpaired) electrons. The van der Waals surface area contributed by atoms with Crippen molar-refractivity contribution in [2.75, 3.05) is 26.2 Å². The molecule has 5 heteroatoms. The molecule has 5 nitrogen and oxygen atoms in total. The number of urea groups is 1. The van der Waals surface area contributed by atoms with E-state index in [0.717, 1.165) is 38.6 Å². The number of hydrogen-bond donors (Lipinski definition) is 1. The Morgan fingerprint density at radius 3 is 2.64 bits per heavy atom. The highest BCUT2D eigenvalue weighted by molar-refractivity contribution is 5.74. The molecule has 1 unspecified atom stereocenters. The second-order valence-electron chi connectivity index (χ2n) is 7.17. The van der Waals surface area contributed by atoms with Gasteiger partial charge < -0.3 is 19.7 Å². The van der Waals surface area contributed by atoms with Crippen LogP contribution in [-0.2, 0) is 15.9 Å². The number of likely N-dealkylation sites (tertiary alicyclic amines) is 1. The Morgan fingerprint density at radius 2 is 1.96 bits per heavy atom. The lowest BCUT2D eigenvalue weighted by molar-refractivity contribution is -0.189. The Hall–Kier alpha value is -1.59. The van der Waals surface area contributed by atoms with Crippen LogP contribution < -0.4 is 5.32 Å². The molecule has 1 atom stereocenters. The van der Waals surface area contributed by atoms with Crippen LogP contribution in [0.4, 0.5) is 4.79 Å². The van der Waals surface area contributed by atoms with Gasteiger partial charge in [-0.25, -0.2) is 4.79 Å².